The Balaban J connectivity index is 1.79. The van der Waals surface area contributed by atoms with Crippen LogP contribution in [0.3, 0.4) is 0 Å². The fourth-order valence-corrected chi connectivity index (χ4v) is 4.85. The van der Waals surface area contributed by atoms with Gasteiger partial charge in [-0.3, -0.25) is 4.79 Å². The molecule has 2 aliphatic heterocycles. The summed E-state index contributed by atoms with van der Waals surface area (Å²) >= 11 is 0. The van der Waals surface area contributed by atoms with Crippen molar-refractivity contribution >= 4 is 15.7 Å². The first-order valence-electron chi connectivity index (χ1n) is 8.04. The van der Waals surface area contributed by atoms with Gasteiger partial charge in [-0.15, -0.1) is 0 Å². The SMILES string of the molecule is O=C(C1CCS(=O)(=O)CC1)N1CCNCC1c1ccc(F)c(F)c1. The fourth-order valence-electron chi connectivity index (χ4n) is 3.36. The first-order chi connectivity index (χ1) is 11.4. The molecule has 132 valence electrons. The number of benzene rings is 1. The van der Waals surface area contributed by atoms with Crippen molar-refractivity contribution in [1.29, 1.82) is 0 Å². The highest BCUT2D eigenvalue weighted by Gasteiger charge is 2.35. The number of carbonyl (C=O) groups is 1. The normalized spacial score (nSPS) is 24.8. The largest absolute Gasteiger partial charge is 0.333 e. The molecule has 2 heterocycles. The quantitative estimate of drug-likeness (QED) is 0.864. The van der Waals surface area contributed by atoms with Crippen molar-refractivity contribution in [3.8, 4) is 0 Å². The highest BCUT2D eigenvalue weighted by Crippen LogP contribution is 2.28. The zero-order valence-electron chi connectivity index (χ0n) is 13.2. The van der Waals surface area contributed by atoms with Crippen LogP contribution in [-0.2, 0) is 14.6 Å². The molecule has 8 heteroatoms. The van der Waals surface area contributed by atoms with E-state index in [0.717, 1.165) is 12.1 Å². The van der Waals surface area contributed by atoms with E-state index < -0.39 is 21.5 Å². The number of hydrogen-bond acceptors (Lipinski definition) is 4. The fraction of sp³-hybridized carbons (Fsp3) is 0.562. The van der Waals surface area contributed by atoms with E-state index in [4.69, 9.17) is 0 Å². The maximum Gasteiger partial charge on any atom is 0.226 e. The van der Waals surface area contributed by atoms with Crippen LogP contribution in [0.2, 0.25) is 0 Å². The van der Waals surface area contributed by atoms with Crippen molar-refractivity contribution in [3.63, 3.8) is 0 Å². The first-order valence-corrected chi connectivity index (χ1v) is 9.86. The summed E-state index contributed by atoms with van der Waals surface area (Å²) in [6, 6.07) is 3.30. The van der Waals surface area contributed by atoms with Gasteiger partial charge in [-0.25, -0.2) is 17.2 Å². The third-order valence-electron chi connectivity index (χ3n) is 4.76. The molecule has 0 aromatic heterocycles. The molecule has 5 nitrogen and oxygen atoms in total. The van der Waals surface area contributed by atoms with Crippen LogP contribution in [0.4, 0.5) is 8.78 Å². The van der Waals surface area contributed by atoms with Crippen molar-refractivity contribution in [3.05, 3.63) is 35.4 Å². The number of hydrogen-bond donors (Lipinski definition) is 1. The number of rotatable bonds is 2. The topological polar surface area (TPSA) is 66.5 Å². The van der Waals surface area contributed by atoms with Crippen molar-refractivity contribution in [2.45, 2.75) is 18.9 Å². The molecule has 24 heavy (non-hydrogen) atoms. The lowest BCUT2D eigenvalue weighted by atomic mass is 9.96. The summed E-state index contributed by atoms with van der Waals surface area (Å²) in [4.78, 5) is 14.5. The second-order valence-electron chi connectivity index (χ2n) is 6.35. The number of halogens is 2. The molecule has 0 aliphatic carbocycles. The smallest absolute Gasteiger partial charge is 0.226 e. The maximum absolute atomic E-state index is 13.5. The van der Waals surface area contributed by atoms with Gasteiger partial charge in [0.1, 0.15) is 9.84 Å². The highest BCUT2D eigenvalue weighted by molar-refractivity contribution is 7.91. The highest BCUT2D eigenvalue weighted by atomic mass is 32.2. The van der Waals surface area contributed by atoms with Gasteiger partial charge in [-0.2, -0.15) is 0 Å². The van der Waals surface area contributed by atoms with Gasteiger partial charge in [0.15, 0.2) is 11.6 Å². The molecule has 2 aliphatic rings. The molecule has 1 N–H and O–H groups in total. The second-order valence-corrected chi connectivity index (χ2v) is 8.65. The predicted molar refractivity (Wildman–Crippen MR) is 85.1 cm³/mol. The molecule has 1 unspecified atom stereocenters. The van der Waals surface area contributed by atoms with Crippen molar-refractivity contribution in [2.24, 2.45) is 5.92 Å². The van der Waals surface area contributed by atoms with E-state index in [-0.39, 0.29) is 29.4 Å². The Kier molecular flexibility index (Phi) is 4.87. The van der Waals surface area contributed by atoms with Crippen LogP contribution in [-0.4, -0.2) is 50.4 Å². The number of carbonyl (C=O) groups excluding carboxylic acids is 1. The third kappa shape index (κ3) is 3.59. The average Bonchev–Trinajstić information content (AvgIpc) is 2.57. The Morgan fingerprint density at radius 2 is 1.88 bits per heavy atom. The summed E-state index contributed by atoms with van der Waals surface area (Å²) in [6.07, 6.45) is 0.658. The zero-order valence-corrected chi connectivity index (χ0v) is 14.0. The van der Waals surface area contributed by atoms with Crippen LogP contribution in [0.5, 0.6) is 0 Å². The van der Waals surface area contributed by atoms with E-state index in [1.54, 1.807) is 4.90 Å². The molecule has 2 saturated heterocycles. The lowest BCUT2D eigenvalue weighted by Crippen LogP contribution is -2.51. The van der Waals surface area contributed by atoms with E-state index in [2.05, 4.69) is 5.32 Å². The molecule has 3 rings (SSSR count). The van der Waals surface area contributed by atoms with Gasteiger partial charge in [0.25, 0.3) is 0 Å². The van der Waals surface area contributed by atoms with Crippen LogP contribution in [0.15, 0.2) is 18.2 Å². The van der Waals surface area contributed by atoms with E-state index >= 15 is 0 Å². The lowest BCUT2D eigenvalue weighted by molar-refractivity contribution is -0.139. The summed E-state index contributed by atoms with van der Waals surface area (Å²) in [5.41, 5.74) is 0.540. The average molecular weight is 358 g/mol. The van der Waals surface area contributed by atoms with Crippen LogP contribution >= 0.6 is 0 Å². The van der Waals surface area contributed by atoms with Crippen molar-refractivity contribution in [1.82, 2.24) is 10.2 Å². The van der Waals surface area contributed by atoms with Crippen LogP contribution in [0.1, 0.15) is 24.4 Å². The molecule has 1 amide bonds. The molecule has 0 saturated carbocycles. The molecular weight excluding hydrogens is 338 g/mol. The number of nitrogens with zero attached hydrogens (tertiary/aromatic N) is 1. The molecule has 0 radical (unpaired) electrons. The number of sulfone groups is 1. The Labute approximate surface area is 139 Å². The van der Waals surface area contributed by atoms with Gasteiger partial charge >= 0.3 is 0 Å². The van der Waals surface area contributed by atoms with Gasteiger partial charge in [0, 0.05) is 25.6 Å². The van der Waals surface area contributed by atoms with Crippen LogP contribution in [0, 0.1) is 17.6 Å². The molecule has 1 atom stereocenters. The molecule has 2 fully saturated rings. The van der Waals surface area contributed by atoms with Crippen molar-refractivity contribution in [2.75, 3.05) is 31.1 Å². The number of piperazine rings is 1. The summed E-state index contributed by atoms with van der Waals surface area (Å²) in [7, 11) is -3.03. The Hall–Kier alpha value is -1.54. The third-order valence-corrected chi connectivity index (χ3v) is 6.47. The molecule has 0 spiro atoms. The predicted octanol–water partition coefficient (Wildman–Crippen LogP) is 1.26. The van der Waals surface area contributed by atoms with E-state index in [1.807, 2.05) is 0 Å². The van der Waals surface area contributed by atoms with Crippen LogP contribution in [0.25, 0.3) is 0 Å². The minimum atomic E-state index is -3.03. The molecular formula is C16H20F2N2O3S. The first kappa shape index (κ1) is 17.3. The van der Waals surface area contributed by atoms with Gasteiger partial charge in [-0.05, 0) is 30.5 Å². The maximum atomic E-state index is 13.5. The Morgan fingerprint density at radius 3 is 2.54 bits per heavy atom. The summed E-state index contributed by atoms with van der Waals surface area (Å²) in [5.74, 6) is -2.20. The minimum Gasteiger partial charge on any atom is -0.333 e. The van der Waals surface area contributed by atoms with Gasteiger partial charge in [0.2, 0.25) is 5.91 Å². The van der Waals surface area contributed by atoms with E-state index in [1.165, 1.54) is 6.07 Å². The summed E-state index contributed by atoms with van der Waals surface area (Å²) in [6.45, 7) is 1.55. The lowest BCUT2D eigenvalue weighted by Gasteiger charge is -2.39. The summed E-state index contributed by atoms with van der Waals surface area (Å²) in [5, 5.41) is 3.16. The monoisotopic (exact) mass is 358 g/mol. The number of amides is 1. The van der Waals surface area contributed by atoms with E-state index in [9.17, 15) is 22.0 Å². The van der Waals surface area contributed by atoms with Gasteiger partial charge < -0.3 is 10.2 Å². The Bertz CT molecular complexity index is 725. The van der Waals surface area contributed by atoms with Gasteiger partial charge in [0.05, 0.1) is 17.5 Å². The van der Waals surface area contributed by atoms with Gasteiger partial charge in [-0.1, -0.05) is 6.07 Å². The Morgan fingerprint density at radius 1 is 1.17 bits per heavy atom. The zero-order chi connectivity index (χ0) is 17.3. The minimum absolute atomic E-state index is 0.0331. The molecule has 1 aromatic carbocycles. The molecule has 1 aromatic rings. The standard InChI is InChI=1S/C16H20F2N2O3S/c17-13-2-1-12(9-14(13)18)15-10-19-5-6-20(15)16(21)11-3-7-24(22,23)8-4-11/h1-2,9,11,15,19H,3-8,10H2. The number of nitrogens with one attached hydrogen (secondary N) is 1. The second kappa shape index (κ2) is 6.76. The molecule has 0 bridgehead atoms. The van der Waals surface area contributed by atoms with E-state index in [0.29, 0.717) is 38.0 Å². The van der Waals surface area contributed by atoms with Crippen LogP contribution < -0.4 is 5.32 Å². The summed E-state index contributed by atoms with van der Waals surface area (Å²) < 4.78 is 49.8. The van der Waals surface area contributed by atoms with Crippen molar-refractivity contribution < 1.29 is 22.0 Å².